The normalized spacial score (nSPS) is 18.1. The molecule has 1 aliphatic heterocycles. The molecule has 8 nitrogen and oxygen atoms in total. The molecule has 0 unspecified atom stereocenters. The Morgan fingerprint density at radius 1 is 1.35 bits per heavy atom. The zero-order valence-electron chi connectivity index (χ0n) is 12.8. The van der Waals surface area contributed by atoms with E-state index in [0.717, 1.165) is 13.0 Å². The zero-order chi connectivity index (χ0) is 16.1. The van der Waals surface area contributed by atoms with Gasteiger partial charge in [-0.15, -0.1) is 0 Å². The molecule has 1 saturated heterocycles. The van der Waals surface area contributed by atoms with Gasteiger partial charge in [0.25, 0.3) is 0 Å². The first-order valence-electron chi connectivity index (χ1n) is 7.67. The van der Waals surface area contributed by atoms with Gasteiger partial charge in [0.2, 0.25) is 5.91 Å². The van der Waals surface area contributed by atoms with E-state index in [-0.39, 0.29) is 12.0 Å². The van der Waals surface area contributed by atoms with Crippen LogP contribution in [0.4, 0.5) is 5.82 Å². The summed E-state index contributed by atoms with van der Waals surface area (Å²) in [5, 5.41) is 4.13. The first kappa shape index (κ1) is 15.4. The molecule has 2 N–H and O–H groups in total. The van der Waals surface area contributed by atoms with Crippen molar-refractivity contribution in [2.24, 2.45) is 0 Å². The van der Waals surface area contributed by atoms with Crippen LogP contribution in [0.5, 0.6) is 0 Å². The topological polar surface area (TPSA) is 99.2 Å². The van der Waals surface area contributed by atoms with Crippen LogP contribution in [0.1, 0.15) is 24.6 Å². The SMILES string of the molecule is Nc1nccnc1[C@H]1CN(C(=O)CCCn2cccn2)CCO1. The second kappa shape index (κ2) is 7.19. The molecule has 0 bridgehead atoms. The minimum absolute atomic E-state index is 0.118. The van der Waals surface area contributed by atoms with E-state index in [1.165, 1.54) is 0 Å². The van der Waals surface area contributed by atoms with E-state index in [1.54, 1.807) is 18.6 Å². The maximum absolute atomic E-state index is 12.4. The van der Waals surface area contributed by atoms with Crippen molar-refractivity contribution in [2.45, 2.75) is 25.5 Å². The lowest BCUT2D eigenvalue weighted by atomic mass is 10.1. The summed E-state index contributed by atoms with van der Waals surface area (Å²) in [6.07, 6.45) is 7.69. The van der Waals surface area contributed by atoms with E-state index < -0.39 is 0 Å². The lowest BCUT2D eigenvalue weighted by Crippen LogP contribution is -2.42. The molecule has 2 aromatic rings. The standard InChI is InChI=1S/C15H20N6O2/c16-15-14(17-5-6-18-15)12-11-20(9-10-23-12)13(22)3-1-7-21-8-2-4-19-21/h2,4-6,8,12H,1,3,7,9-11H2,(H2,16,18)/t12-/m1/s1. The van der Waals surface area contributed by atoms with Gasteiger partial charge in [0.05, 0.1) is 13.2 Å². The van der Waals surface area contributed by atoms with Crippen molar-refractivity contribution in [3.63, 3.8) is 0 Å². The summed E-state index contributed by atoms with van der Waals surface area (Å²) in [6, 6.07) is 1.87. The minimum atomic E-state index is -0.312. The molecule has 3 heterocycles. The van der Waals surface area contributed by atoms with E-state index >= 15 is 0 Å². The number of hydrogen-bond donors (Lipinski definition) is 1. The number of carbonyl (C=O) groups excluding carboxylic acids is 1. The van der Waals surface area contributed by atoms with Gasteiger partial charge in [0.1, 0.15) is 17.6 Å². The number of morpholine rings is 1. The number of anilines is 1. The van der Waals surface area contributed by atoms with Gasteiger partial charge in [0, 0.05) is 44.3 Å². The van der Waals surface area contributed by atoms with Crippen LogP contribution >= 0.6 is 0 Å². The van der Waals surface area contributed by atoms with Crippen molar-refractivity contribution < 1.29 is 9.53 Å². The zero-order valence-corrected chi connectivity index (χ0v) is 12.8. The minimum Gasteiger partial charge on any atom is -0.382 e. The molecule has 0 aliphatic carbocycles. The third-order valence-electron chi connectivity index (χ3n) is 3.82. The van der Waals surface area contributed by atoms with Crippen LogP contribution in [0, 0.1) is 0 Å². The van der Waals surface area contributed by atoms with Gasteiger partial charge < -0.3 is 15.4 Å². The van der Waals surface area contributed by atoms with Crippen molar-refractivity contribution >= 4 is 11.7 Å². The van der Waals surface area contributed by atoms with E-state index in [2.05, 4.69) is 15.1 Å². The van der Waals surface area contributed by atoms with Crippen LogP contribution in [0.2, 0.25) is 0 Å². The van der Waals surface area contributed by atoms with Crippen LogP contribution in [0.3, 0.4) is 0 Å². The van der Waals surface area contributed by atoms with Gasteiger partial charge >= 0.3 is 0 Å². The maximum atomic E-state index is 12.4. The van der Waals surface area contributed by atoms with Gasteiger partial charge in [-0.2, -0.15) is 5.10 Å². The highest BCUT2D eigenvalue weighted by molar-refractivity contribution is 5.76. The average molecular weight is 316 g/mol. The highest BCUT2D eigenvalue weighted by Gasteiger charge is 2.27. The van der Waals surface area contributed by atoms with E-state index in [0.29, 0.717) is 37.6 Å². The van der Waals surface area contributed by atoms with Crippen LogP contribution in [-0.4, -0.2) is 50.3 Å². The Kier molecular flexibility index (Phi) is 4.82. The van der Waals surface area contributed by atoms with Gasteiger partial charge in [-0.25, -0.2) is 4.98 Å². The highest BCUT2D eigenvalue weighted by Crippen LogP contribution is 2.24. The molecule has 122 valence electrons. The molecule has 0 spiro atoms. The molecule has 0 saturated carbocycles. The first-order valence-corrected chi connectivity index (χ1v) is 7.67. The Hall–Kier alpha value is -2.48. The van der Waals surface area contributed by atoms with Crippen LogP contribution in [0.15, 0.2) is 30.9 Å². The highest BCUT2D eigenvalue weighted by atomic mass is 16.5. The predicted molar refractivity (Wildman–Crippen MR) is 83.2 cm³/mol. The Balaban J connectivity index is 1.53. The van der Waals surface area contributed by atoms with Crippen molar-refractivity contribution in [1.82, 2.24) is 24.6 Å². The summed E-state index contributed by atoms with van der Waals surface area (Å²) >= 11 is 0. The smallest absolute Gasteiger partial charge is 0.222 e. The molecule has 1 atom stereocenters. The largest absolute Gasteiger partial charge is 0.382 e. The Labute approximate surface area is 134 Å². The van der Waals surface area contributed by atoms with Crippen LogP contribution < -0.4 is 5.73 Å². The third kappa shape index (κ3) is 3.84. The molecule has 1 fully saturated rings. The van der Waals surface area contributed by atoms with Gasteiger partial charge in [-0.3, -0.25) is 14.5 Å². The Bertz CT molecular complexity index is 645. The molecule has 1 amide bonds. The molecular formula is C15H20N6O2. The average Bonchev–Trinajstić information content (AvgIpc) is 3.09. The van der Waals surface area contributed by atoms with Crippen molar-refractivity contribution in [3.8, 4) is 0 Å². The number of amides is 1. The fraction of sp³-hybridized carbons (Fsp3) is 0.467. The number of aryl methyl sites for hydroxylation is 1. The Morgan fingerprint density at radius 2 is 2.22 bits per heavy atom. The lowest BCUT2D eigenvalue weighted by Gasteiger charge is -2.33. The Morgan fingerprint density at radius 3 is 3.00 bits per heavy atom. The van der Waals surface area contributed by atoms with E-state index in [1.807, 2.05) is 21.8 Å². The van der Waals surface area contributed by atoms with Gasteiger partial charge in [0.15, 0.2) is 0 Å². The number of hydrogen-bond acceptors (Lipinski definition) is 6. The number of nitrogens with zero attached hydrogens (tertiary/aromatic N) is 5. The number of aromatic nitrogens is 4. The number of rotatable bonds is 5. The molecular weight excluding hydrogens is 296 g/mol. The number of carbonyl (C=O) groups is 1. The number of nitrogens with two attached hydrogens (primary N) is 1. The molecule has 1 aliphatic rings. The van der Waals surface area contributed by atoms with Crippen molar-refractivity contribution in [2.75, 3.05) is 25.4 Å². The summed E-state index contributed by atoms with van der Waals surface area (Å²) in [4.78, 5) is 22.4. The molecule has 3 rings (SSSR count). The molecule has 0 radical (unpaired) electrons. The summed E-state index contributed by atoms with van der Waals surface area (Å²) < 4.78 is 7.53. The van der Waals surface area contributed by atoms with Crippen LogP contribution in [-0.2, 0) is 16.1 Å². The summed E-state index contributed by atoms with van der Waals surface area (Å²) in [7, 11) is 0. The van der Waals surface area contributed by atoms with Crippen LogP contribution in [0.25, 0.3) is 0 Å². The fourth-order valence-corrected chi connectivity index (χ4v) is 2.63. The third-order valence-corrected chi connectivity index (χ3v) is 3.82. The summed E-state index contributed by atoms with van der Waals surface area (Å²) in [5.41, 5.74) is 6.44. The number of nitrogen functional groups attached to an aromatic ring is 1. The van der Waals surface area contributed by atoms with Crippen molar-refractivity contribution in [3.05, 3.63) is 36.5 Å². The maximum Gasteiger partial charge on any atom is 0.222 e. The quantitative estimate of drug-likeness (QED) is 0.869. The second-order valence-electron chi connectivity index (χ2n) is 5.40. The molecule has 0 aromatic carbocycles. The monoisotopic (exact) mass is 316 g/mol. The summed E-state index contributed by atoms with van der Waals surface area (Å²) in [6.45, 7) is 2.27. The lowest BCUT2D eigenvalue weighted by molar-refractivity contribution is -0.139. The predicted octanol–water partition coefficient (Wildman–Crippen LogP) is 0.636. The van der Waals surface area contributed by atoms with Gasteiger partial charge in [-0.1, -0.05) is 0 Å². The van der Waals surface area contributed by atoms with Crippen molar-refractivity contribution in [1.29, 1.82) is 0 Å². The fourth-order valence-electron chi connectivity index (χ4n) is 2.63. The first-order chi connectivity index (χ1) is 11.2. The molecule has 2 aromatic heterocycles. The number of ether oxygens (including phenoxy) is 1. The summed E-state index contributed by atoms with van der Waals surface area (Å²) in [5.74, 6) is 0.471. The van der Waals surface area contributed by atoms with E-state index in [9.17, 15) is 4.79 Å². The van der Waals surface area contributed by atoms with E-state index in [4.69, 9.17) is 10.5 Å². The second-order valence-corrected chi connectivity index (χ2v) is 5.40. The molecule has 23 heavy (non-hydrogen) atoms. The molecule has 8 heteroatoms. The van der Waals surface area contributed by atoms with Gasteiger partial charge in [-0.05, 0) is 12.5 Å².